The van der Waals surface area contributed by atoms with Gasteiger partial charge in [0.05, 0.1) is 25.2 Å². The van der Waals surface area contributed by atoms with Crippen LogP contribution in [-0.2, 0) is 19.0 Å². The lowest BCUT2D eigenvalue weighted by Gasteiger charge is -2.41. The molecule has 184 valence electrons. The highest BCUT2D eigenvalue weighted by atomic mass is 19.1. The highest BCUT2D eigenvalue weighted by molar-refractivity contribution is 5.70. The highest BCUT2D eigenvalue weighted by Gasteiger charge is 2.37. The van der Waals surface area contributed by atoms with Crippen molar-refractivity contribution in [2.45, 2.75) is 84.7 Å². The van der Waals surface area contributed by atoms with Crippen molar-refractivity contribution in [2.24, 2.45) is 5.92 Å². The van der Waals surface area contributed by atoms with Gasteiger partial charge >= 0.3 is 5.97 Å². The molecule has 0 aliphatic carbocycles. The fraction of sp³-hybridized carbons (Fsp3) is 0.593. The van der Waals surface area contributed by atoms with Crippen molar-refractivity contribution < 1.29 is 23.4 Å². The van der Waals surface area contributed by atoms with E-state index in [-0.39, 0.29) is 36.3 Å². The van der Waals surface area contributed by atoms with E-state index in [9.17, 15) is 9.18 Å². The quantitative estimate of drug-likeness (QED) is 0.270. The number of rotatable bonds is 12. The summed E-state index contributed by atoms with van der Waals surface area (Å²) in [7, 11) is 0. The summed E-state index contributed by atoms with van der Waals surface area (Å²) in [6, 6.07) is 6.33. The number of allylic oxidation sites excluding steroid dienone is 1. The Morgan fingerprint density at radius 1 is 1.21 bits per heavy atom. The Balaban J connectivity index is 2.05. The normalized spacial score (nSPS) is 19.8. The highest BCUT2D eigenvalue weighted by Crippen LogP contribution is 2.32. The second-order valence-electron chi connectivity index (χ2n) is 9.43. The summed E-state index contributed by atoms with van der Waals surface area (Å²) in [6.45, 7) is 19.6. The van der Waals surface area contributed by atoms with Gasteiger partial charge in [-0.2, -0.15) is 0 Å². The van der Waals surface area contributed by atoms with Crippen LogP contribution in [0.1, 0.15) is 72.3 Å². The second kappa shape index (κ2) is 12.3. The molecule has 1 aromatic rings. The van der Waals surface area contributed by atoms with Gasteiger partial charge in [0, 0.05) is 24.4 Å². The molecule has 0 saturated carbocycles. The molecule has 1 saturated heterocycles. The predicted octanol–water partition coefficient (Wildman–Crippen LogP) is 6.30. The number of benzene rings is 1. The van der Waals surface area contributed by atoms with E-state index in [2.05, 4.69) is 38.8 Å². The van der Waals surface area contributed by atoms with Gasteiger partial charge in [0.15, 0.2) is 5.79 Å². The molecule has 0 spiro atoms. The molecule has 0 N–H and O–H groups in total. The van der Waals surface area contributed by atoms with Gasteiger partial charge in [0.1, 0.15) is 5.82 Å². The molecule has 6 heteroatoms. The molecule has 0 radical (unpaired) electrons. The minimum Gasteiger partial charge on any atom is -0.466 e. The van der Waals surface area contributed by atoms with E-state index in [4.69, 9.17) is 14.2 Å². The Labute approximate surface area is 198 Å². The molecule has 33 heavy (non-hydrogen) atoms. The summed E-state index contributed by atoms with van der Waals surface area (Å²) < 4.78 is 30.9. The van der Waals surface area contributed by atoms with Crippen LogP contribution in [-0.4, -0.2) is 42.0 Å². The maximum atomic E-state index is 13.4. The third kappa shape index (κ3) is 8.59. The lowest BCUT2D eigenvalue weighted by Crippen LogP contribution is -2.46. The fourth-order valence-electron chi connectivity index (χ4n) is 3.93. The van der Waals surface area contributed by atoms with Crippen LogP contribution in [0.2, 0.25) is 0 Å². The summed E-state index contributed by atoms with van der Waals surface area (Å²) in [5, 5.41) is 0. The Morgan fingerprint density at radius 2 is 1.85 bits per heavy atom. The standard InChI is InChI=1S/C27H40FNO4/c1-8-9-16-31-26(30)18-25-17-24(32-27(6,7)33-25)14-15-29(20(4)19(2)3)21(5)22-10-12-23(28)13-11-22/h10-13,19,24-25H,4-5,8-9,14-18H2,1-3,6-7H3. The van der Waals surface area contributed by atoms with Gasteiger partial charge in [-0.1, -0.05) is 52.5 Å². The molecule has 1 heterocycles. The zero-order valence-electron chi connectivity index (χ0n) is 20.9. The summed E-state index contributed by atoms with van der Waals surface area (Å²) in [5.74, 6) is -1.08. The first kappa shape index (κ1) is 27.1. The number of hydrogen-bond donors (Lipinski definition) is 0. The molecule has 2 unspecified atom stereocenters. The number of ether oxygens (including phenoxy) is 3. The summed E-state index contributed by atoms with van der Waals surface area (Å²) >= 11 is 0. The van der Waals surface area contributed by atoms with Crippen molar-refractivity contribution >= 4 is 11.7 Å². The molecule has 2 rings (SSSR count). The first-order valence-electron chi connectivity index (χ1n) is 11.9. The molecular weight excluding hydrogens is 421 g/mol. The van der Waals surface area contributed by atoms with Crippen LogP contribution in [0.5, 0.6) is 0 Å². The van der Waals surface area contributed by atoms with Crippen molar-refractivity contribution in [1.29, 1.82) is 0 Å². The van der Waals surface area contributed by atoms with E-state index in [0.29, 0.717) is 26.0 Å². The zero-order valence-corrected chi connectivity index (χ0v) is 20.9. The lowest BCUT2D eigenvalue weighted by atomic mass is 10.0. The van der Waals surface area contributed by atoms with Gasteiger partial charge in [-0.3, -0.25) is 4.79 Å². The largest absolute Gasteiger partial charge is 0.466 e. The van der Waals surface area contributed by atoms with E-state index in [1.165, 1.54) is 12.1 Å². The molecule has 2 atom stereocenters. The smallest absolute Gasteiger partial charge is 0.308 e. The van der Waals surface area contributed by atoms with E-state index >= 15 is 0 Å². The third-order valence-corrected chi connectivity index (χ3v) is 5.77. The third-order valence-electron chi connectivity index (χ3n) is 5.77. The number of carbonyl (C=O) groups excluding carboxylic acids is 1. The van der Waals surface area contributed by atoms with Gasteiger partial charge in [-0.15, -0.1) is 0 Å². The molecule has 5 nitrogen and oxygen atoms in total. The van der Waals surface area contributed by atoms with Crippen molar-refractivity contribution in [2.75, 3.05) is 13.2 Å². The Kier molecular flexibility index (Phi) is 10.1. The average molecular weight is 462 g/mol. The summed E-state index contributed by atoms with van der Waals surface area (Å²) in [4.78, 5) is 14.3. The molecule has 0 bridgehead atoms. The lowest BCUT2D eigenvalue weighted by molar-refractivity contribution is -0.300. The zero-order chi connectivity index (χ0) is 24.6. The van der Waals surface area contributed by atoms with E-state index in [1.54, 1.807) is 12.1 Å². The Bertz CT molecular complexity index is 803. The Morgan fingerprint density at radius 3 is 2.45 bits per heavy atom. The van der Waals surface area contributed by atoms with Crippen LogP contribution >= 0.6 is 0 Å². The number of esters is 1. The molecule has 0 amide bonds. The maximum Gasteiger partial charge on any atom is 0.308 e. The van der Waals surface area contributed by atoms with Gasteiger partial charge < -0.3 is 19.1 Å². The summed E-state index contributed by atoms with van der Waals surface area (Å²) in [6.07, 6.45) is 3.04. The van der Waals surface area contributed by atoms with Crippen molar-refractivity contribution in [3.8, 4) is 0 Å². The summed E-state index contributed by atoms with van der Waals surface area (Å²) in [5.41, 5.74) is 2.56. The predicted molar refractivity (Wildman–Crippen MR) is 130 cm³/mol. The van der Waals surface area contributed by atoms with Crippen molar-refractivity contribution in [3.05, 3.63) is 54.5 Å². The van der Waals surface area contributed by atoms with Crippen molar-refractivity contribution in [3.63, 3.8) is 0 Å². The van der Waals surface area contributed by atoms with Gasteiger partial charge in [-0.25, -0.2) is 4.39 Å². The van der Waals surface area contributed by atoms with Crippen LogP contribution in [0.4, 0.5) is 4.39 Å². The van der Waals surface area contributed by atoms with Gasteiger partial charge in [-0.05, 0) is 50.3 Å². The minimum absolute atomic E-state index is 0.0920. The topological polar surface area (TPSA) is 48.0 Å². The van der Waals surface area contributed by atoms with Crippen LogP contribution in [0.25, 0.3) is 5.70 Å². The van der Waals surface area contributed by atoms with E-state index in [1.807, 2.05) is 13.8 Å². The number of carbonyl (C=O) groups is 1. The molecule has 1 fully saturated rings. The molecule has 1 aromatic carbocycles. The molecule has 1 aliphatic heterocycles. The van der Waals surface area contributed by atoms with Gasteiger partial charge in [0.25, 0.3) is 0 Å². The molecular formula is C27H40FNO4. The van der Waals surface area contributed by atoms with Crippen molar-refractivity contribution in [1.82, 2.24) is 4.90 Å². The first-order valence-corrected chi connectivity index (χ1v) is 11.9. The van der Waals surface area contributed by atoms with E-state index in [0.717, 1.165) is 29.8 Å². The van der Waals surface area contributed by atoms with Crippen LogP contribution < -0.4 is 0 Å². The number of halogens is 1. The fourth-order valence-corrected chi connectivity index (χ4v) is 3.93. The van der Waals surface area contributed by atoms with Crippen LogP contribution in [0.15, 0.2) is 43.1 Å². The molecule has 1 aliphatic rings. The van der Waals surface area contributed by atoms with Crippen LogP contribution in [0.3, 0.4) is 0 Å². The molecule has 0 aromatic heterocycles. The SMILES string of the molecule is C=C(c1ccc(F)cc1)N(CCC1CC(CC(=O)OCCCC)OC(C)(C)O1)C(=C)C(C)C. The minimum atomic E-state index is -0.787. The van der Waals surface area contributed by atoms with Gasteiger partial charge in [0.2, 0.25) is 0 Å². The van der Waals surface area contributed by atoms with E-state index < -0.39 is 5.79 Å². The average Bonchev–Trinajstić information content (AvgIpc) is 2.73. The second-order valence-corrected chi connectivity index (χ2v) is 9.43. The Hall–Kier alpha value is -2.18. The monoisotopic (exact) mass is 461 g/mol. The first-order chi connectivity index (χ1) is 15.5. The van der Waals surface area contributed by atoms with Crippen LogP contribution in [0, 0.1) is 11.7 Å². The number of nitrogens with zero attached hydrogens (tertiary/aromatic N) is 1. The number of hydrogen-bond acceptors (Lipinski definition) is 5. The maximum absolute atomic E-state index is 13.4. The number of unbranched alkanes of at least 4 members (excludes halogenated alkanes) is 1.